The molecule has 0 radical (unpaired) electrons. The lowest BCUT2D eigenvalue weighted by Crippen LogP contribution is -2.03. The van der Waals surface area contributed by atoms with Crippen molar-refractivity contribution in [3.63, 3.8) is 0 Å². The van der Waals surface area contributed by atoms with E-state index in [9.17, 15) is 4.39 Å². The number of benzene rings is 1. The van der Waals surface area contributed by atoms with Crippen LogP contribution in [0.15, 0.2) is 18.2 Å². The minimum Gasteiger partial charge on any atom is -0.322 e. The molecule has 0 saturated carbocycles. The average Bonchev–Trinajstić information content (AvgIpc) is 2.81. The van der Waals surface area contributed by atoms with Crippen molar-refractivity contribution in [1.29, 1.82) is 0 Å². The minimum absolute atomic E-state index is 0.319. The van der Waals surface area contributed by atoms with Gasteiger partial charge in [0.15, 0.2) is 0 Å². The summed E-state index contributed by atoms with van der Waals surface area (Å²) in [6.07, 6.45) is 2.88. The molecule has 98 valence electrons. The summed E-state index contributed by atoms with van der Waals surface area (Å²) in [6.45, 7) is 1.84. The Morgan fingerprint density at radius 1 is 1.26 bits per heavy atom. The molecule has 0 spiro atoms. The molecule has 3 nitrogen and oxygen atoms in total. The highest BCUT2D eigenvalue weighted by molar-refractivity contribution is 6.30. The van der Waals surface area contributed by atoms with Crippen LogP contribution >= 0.6 is 11.6 Å². The van der Waals surface area contributed by atoms with Gasteiger partial charge >= 0.3 is 0 Å². The lowest BCUT2D eigenvalue weighted by molar-refractivity contribution is 0.630. The zero-order valence-corrected chi connectivity index (χ0v) is 11.3. The Morgan fingerprint density at radius 2 is 2.11 bits per heavy atom. The van der Waals surface area contributed by atoms with E-state index in [-0.39, 0.29) is 5.82 Å². The number of anilines is 2. The first-order valence-corrected chi connectivity index (χ1v) is 6.60. The van der Waals surface area contributed by atoms with Gasteiger partial charge in [-0.15, -0.1) is 0 Å². The quantitative estimate of drug-likeness (QED) is 0.848. The van der Waals surface area contributed by atoms with Gasteiger partial charge in [-0.05, 0) is 43.9 Å². The molecule has 1 aromatic heterocycles. The number of aryl methyl sites for hydroxylation is 2. The second kappa shape index (κ2) is 4.78. The molecular formula is C14H13ClFN3. The van der Waals surface area contributed by atoms with E-state index in [1.807, 2.05) is 13.0 Å². The molecular weight excluding hydrogens is 265 g/mol. The normalized spacial score (nSPS) is 13.4. The number of halogens is 2. The number of nitrogens with one attached hydrogen (secondary N) is 1. The Kier molecular flexibility index (Phi) is 3.11. The molecule has 3 rings (SSSR count). The van der Waals surface area contributed by atoms with Gasteiger partial charge in [0.05, 0.1) is 11.4 Å². The number of hydrogen-bond acceptors (Lipinski definition) is 3. The van der Waals surface area contributed by atoms with Crippen LogP contribution in [0.3, 0.4) is 0 Å². The molecule has 5 heteroatoms. The SMILES string of the molecule is Cc1ccc(Nc2nc(Cl)c3c(n2)CCC3)c(F)c1. The zero-order chi connectivity index (χ0) is 13.4. The van der Waals surface area contributed by atoms with E-state index in [0.717, 1.165) is 36.1 Å². The second-order valence-electron chi connectivity index (χ2n) is 4.73. The molecule has 0 atom stereocenters. The molecule has 0 aliphatic heterocycles. The maximum absolute atomic E-state index is 13.8. The Balaban J connectivity index is 1.93. The summed E-state index contributed by atoms with van der Waals surface area (Å²) in [6, 6.07) is 4.98. The molecule has 19 heavy (non-hydrogen) atoms. The third-order valence-electron chi connectivity index (χ3n) is 3.25. The maximum Gasteiger partial charge on any atom is 0.228 e. The smallest absolute Gasteiger partial charge is 0.228 e. The summed E-state index contributed by atoms with van der Waals surface area (Å²) < 4.78 is 13.8. The van der Waals surface area contributed by atoms with E-state index < -0.39 is 0 Å². The van der Waals surface area contributed by atoms with E-state index in [1.165, 1.54) is 6.07 Å². The van der Waals surface area contributed by atoms with Crippen LogP contribution < -0.4 is 5.32 Å². The third kappa shape index (κ3) is 2.40. The van der Waals surface area contributed by atoms with E-state index in [1.54, 1.807) is 6.07 Å². The minimum atomic E-state index is -0.319. The van der Waals surface area contributed by atoms with E-state index in [4.69, 9.17) is 11.6 Å². The summed E-state index contributed by atoms with van der Waals surface area (Å²) in [5.74, 6) is 0.0358. The van der Waals surface area contributed by atoms with Crippen LogP contribution in [0, 0.1) is 12.7 Å². The highest BCUT2D eigenvalue weighted by atomic mass is 35.5. The van der Waals surface area contributed by atoms with E-state index >= 15 is 0 Å². The Hall–Kier alpha value is -1.68. The van der Waals surface area contributed by atoms with Gasteiger partial charge in [-0.25, -0.2) is 14.4 Å². The van der Waals surface area contributed by atoms with Crippen molar-refractivity contribution in [3.8, 4) is 0 Å². The van der Waals surface area contributed by atoms with Crippen LogP contribution in [-0.4, -0.2) is 9.97 Å². The van der Waals surface area contributed by atoms with Crippen molar-refractivity contribution in [3.05, 3.63) is 46.0 Å². The van der Waals surface area contributed by atoms with Crippen LogP contribution in [0.25, 0.3) is 0 Å². The van der Waals surface area contributed by atoms with Crippen LogP contribution in [0.4, 0.5) is 16.0 Å². The van der Waals surface area contributed by atoms with Crippen LogP contribution in [0.5, 0.6) is 0 Å². The van der Waals surface area contributed by atoms with Crippen molar-refractivity contribution in [2.75, 3.05) is 5.32 Å². The molecule has 0 unspecified atom stereocenters. The van der Waals surface area contributed by atoms with Gasteiger partial charge in [0, 0.05) is 5.56 Å². The molecule has 1 heterocycles. The molecule has 1 aliphatic rings. The second-order valence-corrected chi connectivity index (χ2v) is 5.08. The summed E-state index contributed by atoms with van der Waals surface area (Å²) in [4.78, 5) is 8.58. The Morgan fingerprint density at radius 3 is 2.89 bits per heavy atom. The lowest BCUT2D eigenvalue weighted by Gasteiger charge is -2.09. The monoisotopic (exact) mass is 277 g/mol. The van der Waals surface area contributed by atoms with Gasteiger partial charge < -0.3 is 5.32 Å². The van der Waals surface area contributed by atoms with Crippen LogP contribution in [0.1, 0.15) is 23.2 Å². The van der Waals surface area contributed by atoms with Crippen molar-refractivity contribution in [1.82, 2.24) is 9.97 Å². The van der Waals surface area contributed by atoms with Gasteiger partial charge in [0.25, 0.3) is 0 Å². The van der Waals surface area contributed by atoms with Crippen molar-refractivity contribution >= 4 is 23.2 Å². The van der Waals surface area contributed by atoms with Crippen LogP contribution in [0.2, 0.25) is 5.15 Å². The van der Waals surface area contributed by atoms with Gasteiger partial charge in [-0.2, -0.15) is 0 Å². The molecule has 2 aromatic rings. The molecule has 1 N–H and O–H groups in total. The Bertz CT molecular complexity index is 643. The first-order chi connectivity index (χ1) is 9.13. The van der Waals surface area contributed by atoms with Crippen LogP contribution in [-0.2, 0) is 12.8 Å². The third-order valence-corrected chi connectivity index (χ3v) is 3.57. The molecule has 0 amide bonds. The van der Waals surface area contributed by atoms with Gasteiger partial charge in [0.2, 0.25) is 5.95 Å². The number of rotatable bonds is 2. The van der Waals surface area contributed by atoms with Crippen molar-refractivity contribution in [2.24, 2.45) is 0 Å². The number of aromatic nitrogens is 2. The summed E-state index contributed by atoms with van der Waals surface area (Å²) in [7, 11) is 0. The predicted octanol–water partition coefficient (Wildman–Crippen LogP) is 3.81. The number of nitrogens with zero attached hydrogens (tertiary/aromatic N) is 2. The molecule has 1 aromatic carbocycles. The fourth-order valence-corrected chi connectivity index (χ4v) is 2.57. The zero-order valence-electron chi connectivity index (χ0n) is 10.5. The predicted molar refractivity (Wildman–Crippen MR) is 73.5 cm³/mol. The van der Waals surface area contributed by atoms with E-state index in [0.29, 0.717) is 16.8 Å². The summed E-state index contributed by atoms with van der Waals surface area (Å²) in [5, 5.41) is 3.36. The Labute approximate surface area is 115 Å². The molecule has 0 bridgehead atoms. The number of fused-ring (bicyclic) bond motifs is 1. The molecule has 1 aliphatic carbocycles. The fourth-order valence-electron chi connectivity index (χ4n) is 2.28. The van der Waals surface area contributed by atoms with Gasteiger partial charge in [-0.3, -0.25) is 0 Å². The first-order valence-electron chi connectivity index (χ1n) is 6.22. The largest absolute Gasteiger partial charge is 0.322 e. The highest BCUT2D eigenvalue weighted by Crippen LogP contribution is 2.28. The summed E-state index contributed by atoms with van der Waals surface area (Å²) >= 11 is 6.12. The number of hydrogen-bond donors (Lipinski definition) is 1. The average molecular weight is 278 g/mol. The highest BCUT2D eigenvalue weighted by Gasteiger charge is 2.18. The summed E-state index contributed by atoms with van der Waals surface area (Å²) in [5.41, 5.74) is 3.22. The van der Waals surface area contributed by atoms with E-state index in [2.05, 4.69) is 15.3 Å². The van der Waals surface area contributed by atoms with Gasteiger partial charge in [-0.1, -0.05) is 17.7 Å². The fraction of sp³-hybridized carbons (Fsp3) is 0.286. The molecule has 0 saturated heterocycles. The maximum atomic E-state index is 13.8. The first kappa shape index (κ1) is 12.4. The van der Waals surface area contributed by atoms with Crippen molar-refractivity contribution < 1.29 is 4.39 Å². The lowest BCUT2D eigenvalue weighted by atomic mass is 10.2. The topological polar surface area (TPSA) is 37.8 Å². The van der Waals surface area contributed by atoms with Gasteiger partial charge in [0.1, 0.15) is 11.0 Å². The van der Waals surface area contributed by atoms with Crippen molar-refractivity contribution in [2.45, 2.75) is 26.2 Å². The standard InChI is InChI=1S/C14H13ClFN3/c1-8-5-6-12(10(16)7-8)18-14-17-11-4-2-3-9(11)13(15)19-14/h5-7H,2-4H2,1H3,(H,17,18,19). The molecule has 0 fully saturated rings.